The van der Waals surface area contributed by atoms with Crippen molar-refractivity contribution in [3.8, 4) is 0 Å². The van der Waals surface area contributed by atoms with Crippen LogP contribution in [0.5, 0.6) is 0 Å². The van der Waals surface area contributed by atoms with Crippen molar-refractivity contribution in [3.63, 3.8) is 0 Å². The second-order valence-corrected chi connectivity index (χ2v) is 6.60. The van der Waals surface area contributed by atoms with E-state index in [1.165, 1.54) is 50.6 Å². The van der Waals surface area contributed by atoms with Gasteiger partial charge in [-0.1, -0.05) is 43.6 Å². The van der Waals surface area contributed by atoms with Gasteiger partial charge in [-0.15, -0.1) is 5.10 Å². The fraction of sp³-hybridized carbons (Fsp3) is 0.765. The van der Waals surface area contributed by atoms with Crippen molar-refractivity contribution in [1.82, 2.24) is 15.0 Å². The van der Waals surface area contributed by atoms with Crippen LogP contribution in [-0.2, 0) is 13.1 Å². The zero-order chi connectivity index (χ0) is 15.2. The fourth-order valence-corrected chi connectivity index (χ4v) is 3.54. The van der Waals surface area contributed by atoms with Crippen LogP contribution in [0.15, 0.2) is 12.2 Å². The minimum atomic E-state index is 0.487. The van der Waals surface area contributed by atoms with Crippen molar-refractivity contribution in [2.45, 2.75) is 77.8 Å². The van der Waals surface area contributed by atoms with Crippen molar-refractivity contribution in [2.75, 3.05) is 0 Å². The molecular weight excluding hydrogens is 260 g/mol. The summed E-state index contributed by atoms with van der Waals surface area (Å²) in [5, 5.41) is 8.58. The van der Waals surface area contributed by atoms with E-state index in [1.54, 1.807) is 0 Å². The molecule has 0 aliphatic heterocycles. The minimum absolute atomic E-state index is 0.487. The van der Waals surface area contributed by atoms with E-state index < -0.39 is 0 Å². The Morgan fingerprint density at radius 2 is 2.05 bits per heavy atom. The van der Waals surface area contributed by atoms with Gasteiger partial charge in [0.15, 0.2) is 0 Å². The number of allylic oxidation sites excluding steroid dienone is 1. The Morgan fingerprint density at radius 1 is 1.33 bits per heavy atom. The smallest absolute Gasteiger partial charge is 0.0997 e. The maximum Gasteiger partial charge on any atom is 0.0997 e. The monoisotopic (exact) mass is 290 g/mol. The molecule has 0 radical (unpaired) electrons. The van der Waals surface area contributed by atoms with Crippen LogP contribution < -0.4 is 5.73 Å². The number of rotatable bonds is 7. The topological polar surface area (TPSA) is 56.7 Å². The van der Waals surface area contributed by atoms with Crippen LogP contribution in [0.1, 0.15) is 76.1 Å². The highest BCUT2D eigenvalue weighted by molar-refractivity contribution is 5.17. The first kappa shape index (κ1) is 16.2. The van der Waals surface area contributed by atoms with E-state index in [4.69, 9.17) is 5.73 Å². The van der Waals surface area contributed by atoms with E-state index in [0.29, 0.717) is 12.5 Å². The highest BCUT2D eigenvalue weighted by atomic mass is 15.4. The van der Waals surface area contributed by atoms with Gasteiger partial charge in [-0.2, -0.15) is 0 Å². The summed E-state index contributed by atoms with van der Waals surface area (Å²) >= 11 is 0. The predicted molar refractivity (Wildman–Crippen MR) is 87.0 cm³/mol. The first-order valence-electron chi connectivity index (χ1n) is 8.42. The normalized spacial score (nSPS) is 22.4. The standard InChI is InChI=1S/C17H30N4/c1-4-5-6-14-7-9-15(10-8-14)17-16(11-18)19-20-21(17)12-13(2)3/h14-15H,2,4-12,18H2,1,3H3. The molecule has 0 saturated heterocycles. The van der Waals surface area contributed by atoms with Gasteiger partial charge in [0.1, 0.15) is 0 Å². The lowest BCUT2D eigenvalue weighted by atomic mass is 9.78. The number of hydrogen-bond acceptors (Lipinski definition) is 3. The average molecular weight is 290 g/mol. The molecule has 118 valence electrons. The van der Waals surface area contributed by atoms with Crippen molar-refractivity contribution in [1.29, 1.82) is 0 Å². The average Bonchev–Trinajstić information content (AvgIpc) is 2.87. The highest BCUT2D eigenvalue weighted by Crippen LogP contribution is 2.38. The van der Waals surface area contributed by atoms with Crippen LogP contribution in [-0.4, -0.2) is 15.0 Å². The summed E-state index contributed by atoms with van der Waals surface area (Å²) in [4.78, 5) is 0. The van der Waals surface area contributed by atoms with E-state index >= 15 is 0 Å². The van der Waals surface area contributed by atoms with E-state index in [-0.39, 0.29) is 0 Å². The molecule has 2 rings (SSSR count). The Labute approximate surface area is 128 Å². The number of aromatic nitrogens is 3. The second kappa shape index (κ2) is 7.74. The first-order chi connectivity index (χ1) is 10.2. The molecule has 4 nitrogen and oxygen atoms in total. The van der Waals surface area contributed by atoms with Gasteiger partial charge in [0, 0.05) is 12.5 Å². The Bertz CT molecular complexity index is 455. The molecule has 0 amide bonds. The Hall–Kier alpha value is -1.16. The zero-order valence-corrected chi connectivity index (χ0v) is 13.6. The summed E-state index contributed by atoms with van der Waals surface area (Å²) in [7, 11) is 0. The lowest BCUT2D eigenvalue weighted by molar-refractivity contribution is 0.296. The Morgan fingerprint density at radius 3 is 2.62 bits per heavy atom. The fourth-order valence-electron chi connectivity index (χ4n) is 3.54. The van der Waals surface area contributed by atoms with Crippen LogP contribution >= 0.6 is 0 Å². The molecule has 0 spiro atoms. The van der Waals surface area contributed by atoms with Gasteiger partial charge in [0.25, 0.3) is 0 Å². The maximum atomic E-state index is 5.86. The summed E-state index contributed by atoms with van der Waals surface area (Å²) in [6.45, 7) is 9.56. The minimum Gasteiger partial charge on any atom is -0.325 e. The van der Waals surface area contributed by atoms with E-state index in [9.17, 15) is 0 Å². The summed E-state index contributed by atoms with van der Waals surface area (Å²) in [6, 6.07) is 0. The molecule has 0 unspecified atom stereocenters. The van der Waals surface area contributed by atoms with Gasteiger partial charge in [-0.3, -0.25) is 0 Å². The highest BCUT2D eigenvalue weighted by Gasteiger charge is 2.27. The molecule has 1 aromatic rings. The second-order valence-electron chi connectivity index (χ2n) is 6.60. The van der Waals surface area contributed by atoms with Crippen LogP contribution in [0.2, 0.25) is 0 Å². The van der Waals surface area contributed by atoms with Crippen molar-refractivity contribution in [2.24, 2.45) is 11.7 Å². The quantitative estimate of drug-likeness (QED) is 0.778. The largest absolute Gasteiger partial charge is 0.325 e. The molecule has 1 aliphatic carbocycles. The molecule has 1 heterocycles. The van der Waals surface area contributed by atoms with Gasteiger partial charge in [0.2, 0.25) is 0 Å². The molecule has 0 atom stereocenters. The maximum absolute atomic E-state index is 5.86. The van der Waals surface area contributed by atoms with Crippen LogP contribution in [0.25, 0.3) is 0 Å². The molecule has 0 aromatic carbocycles. The third kappa shape index (κ3) is 4.16. The van der Waals surface area contributed by atoms with E-state index in [1.807, 2.05) is 11.6 Å². The summed E-state index contributed by atoms with van der Waals surface area (Å²) < 4.78 is 2.03. The Balaban J connectivity index is 2.04. The first-order valence-corrected chi connectivity index (χ1v) is 8.42. The van der Waals surface area contributed by atoms with Crippen LogP contribution in [0, 0.1) is 5.92 Å². The SMILES string of the molecule is C=C(C)Cn1nnc(CN)c1C1CCC(CCCC)CC1. The van der Waals surface area contributed by atoms with Crippen molar-refractivity contribution >= 4 is 0 Å². The lowest BCUT2D eigenvalue weighted by Gasteiger charge is -2.29. The molecule has 1 aromatic heterocycles. The van der Waals surface area contributed by atoms with Gasteiger partial charge < -0.3 is 5.73 Å². The van der Waals surface area contributed by atoms with Crippen LogP contribution in [0.3, 0.4) is 0 Å². The number of nitrogens with zero attached hydrogens (tertiary/aromatic N) is 3. The third-order valence-corrected chi connectivity index (χ3v) is 4.66. The van der Waals surface area contributed by atoms with Crippen LogP contribution in [0.4, 0.5) is 0 Å². The van der Waals surface area contributed by atoms with Gasteiger partial charge >= 0.3 is 0 Å². The molecule has 2 N–H and O–H groups in total. The van der Waals surface area contributed by atoms with Gasteiger partial charge in [-0.25, -0.2) is 4.68 Å². The molecule has 1 saturated carbocycles. The molecule has 21 heavy (non-hydrogen) atoms. The number of nitrogens with two attached hydrogens (primary N) is 1. The molecule has 1 aliphatic rings. The molecule has 4 heteroatoms. The van der Waals surface area contributed by atoms with Crippen molar-refractivity contribution < 1.29 is 0 Å². The third-order valence-electron chi connectivity index (χ3n) is 4.66. The summed E-state index contributed by atoms with van der Waals surface area (Å²) in [5.74, 6) is 1.50. The summed E-state index contributed by atoms with van der Waals surface area (Å²) in [5.41, 5.74) is 9.22. The van der Waals surface area contributed by atoms with Gasteiger partial charge in [-0.05, 0) is 38.5 Å². The predicted octanol–water partition coefficient (Wildman–Crippen LogP) is 3.78. The van der Waals surface area contributed by atoms with Gasteiger partial charge in [0.05, 0.1) is 17.9 Å². The van der Waals surface area contributed by atoms with E-state index in [2.05, 4.69) is 23.8 Å². The van der Waals surface area contributed by atoms with Crippen molar-refractivity contribution in [3.05, 3.63) is 23.5 Å². The van der Waals surface area contributed by atoms with E-state index in [0.717, 1.165) is 23.7 Å². The number of unbranched alkanes of at least 4 members (excludes halogenated alkanes) is 1. The lowest BCUT2D eigenvalue weighted by Crippen LogP contribution is -2.19. The molecule has 0 bridgehead atoms. The summed E-state index contributed by atoms with van der Waals surface area (Å²) in [6.07, 6.45) is 9.27. The zero-order valence-electron chi connectivity index (χ0n) is 13.6. The molecular formula is C17H30N4. The number of hydrogen-bond donors (Lipinski definition) is 1. The Kier molecular flexibility index (Phi) is 5.97. The molecule has 1 fully saturated rings.